The minimum absolute atomic E-state index is 0.224. The largest absolute Gasteiger partial charge is 0.302 e. The van der Waals surface area contributed by atoms with Gasteiger partial charge in [-0.3, -0.25) is 4.98 Å². The molecule has 104 valence electrons. The highest BCUT2D eigenvalue weighted by molar-refractivity contribution is 6.31. The molecule has 1 N–H and O–H groups in total. The van der Waals surface area contributed by atoms with E-state index in [1.807, 2.05) is 30.5 Å². The number of rotatable bonds is 3. The van der Waals surface area contributed by atoms with Gasteiger partial charge in [-0.1, -0.05) is 35.9 Å². The third kappa shape index (κ3) is 2.72. The van der Waals surface area contributed by atoms with E-state index in [4.69, 9.17) is 11.6 Å². The maximum Gasteiger partial charge on any atom is 0.0605 e. The molecule has 3 heteroatoms. The van der Waals surface area contributed by atoms with Crippen molar-refractivity contribution in [2.24, 2.45) is 0 Å². The molecule has 2 aromatic rings. The van der Waals surface area contributed by atoms with E-state index in [1.165, 1.54) is 17.7 Å². The van der Waals surface area contributed by atoms with Crippen molar-refractivity contribution in [1.82, 2.24) is 10.3 Å². The highest BCUT2D eigenvalue weighted by Gasteiger charge is 2.23. The maximum atomic E-state index is 6.28. The number of fused-ring (bicyclic) bond motifs is 1. The van der Waals surface area contributed by atoms with Gasteiger partial charge in [-0.2, -0.15) is 0 Å². The molecule has 0 fully saturated rings. The fraction of sp³-hybridized carbons (Fsp3) is 0.353. The molecule has 1 unspecified atom stereocenters. The normalized spacial score (nSPS) is 19.4. The zero-order valence-electron chi connectivity index (χ0n) is 11.6. The number of nitrogens with one attached hydrogen (secondary N) is 1. The van der Waals surface area contributed by atoms with E-state index in [0.29, 0.717) is 6.04 Å². The molecule has 0 saturated heterocycles. The molecular formula is C17H19ClN2. The summed E-state index contributed by atoms with van der Waals surface area (Å²) in [6.45, 7) is 2.17. The van der Waals surface area contributed by atoms with Crippen LogP contribution in [-0.4, -0.2) is 4.98 Å². The quantitative estimate of drug-likeness (QED) is 0.901. The van der Waals surface area contributed by atoms with Gasteiger partial charge in [-0.25, -0.2) is 0 Å². The second kappa shape index (κ2) is 5.94. The predicted molar refractivity (Wildman–Crippen MR) is 82.9 cm³/mol. The van der Waals surface area contributed by atoms with Crippen molar-refractivity contribution in [3.63, 3.8) is 0 Å². The van der Waals surface area contributed by atoms with Crippen molar-refractivity contribution in [3.05, 3.63) is 64.4 Å². The number of aromatic nitrogens is 1. The van der Waals surface area contributed by atoms with Crippen LogP contribution in [0.3, 0.4) is 0 Å². The van der Waals surface area contributed by atoms with Crippen molar-refractivity contribution >= 4 is 11.6 Å². The molecule has 0 radical (unpaired) electrons. The molecule has 1 aliphatic carbocycles. The van der Waals surface area contributed by atoms with E-state index >= 15 is 0 Å². The Balaban J connectivity index is 1.81. The molecule has 20 heavy (non-hydrogen) atoms. The van der Waals surface area contributed by atoms with Gasteiger partial charge in [0.05, 0.1) is 11.7 Å². The lowest BCUT2D eigenvalue weighted by atomic mass is 9.91. The van der Waals surface area contributed by atoms with Gasteiger partial charge >= 0.3 is 0 Å². The summed E-state index contributed by atoms with van der Waals surface area (Å²) in [7, 11) is 0. The molecule has 0 spiro atoms. The molecule has 0 saturated carbocycles. The van der Waals surface area contributed by atoms with E-state index in [1.54, 1.807) is 0 Å². The highest BCUT2D eigenvalue weighted by atomic mass is 35.5. The summed E-state index contributed by atoms with van der Waals surface area (Å²) in [5, 5.41) is 4.51. The van der Waals surface area contributed by atoms with Crippen molar-refractivity contribution in [3.8, 4) is 0 Å². The van der Waals surface area contributed by atoms with E-state index in [0.717, 1.165) is 23.4 Å². The monoisotopic (exact) mass is 286 g/mol. The van der Waals surface area contributed by atoms with Gasteiger partial charge in [-0.15, -0.1) is 0 Å². The molecule has 0 aliphatic heterocycles. The van der Waals surface area contributed by atoms with Gasteiger partial charge in [0.25, 0.3) is 0 Å². The van der Waals surface area contributed by atoms with Gasteiger partial charge in [0.1, 0.15) is 0 Å². The van der Waals surface area contributed by atoms with Crippen molar-refractivity contribution in [2.75, 3.05) is 0 Å². The Labute approximate surface area is 125 Å². The summed E-state index contributed by atoms with van der Waals surface area (Å²) in [4.78, 5) is 4.57. The second-order valence-corrected chi connectivity index (χ2v) is 5.81. The molecular weight excluding hydrogens is 268 g/mol. The van der Waals surface area contributed by atoms with Crippen LogP contribution in [0, 0.1) is 0 Å². The van der Waals surface area contributed by atoms with Crippen LogP contribution in [0.1, 0.15) is 48.7 Å². The number of benzene rings is 1. The molecule has 0 amide bonds. The topological polar surface area (TPSA) is 24.9 Å². The number of aryl methyl sites for hydroxylation is 1. The Morgan fingerprint density at radius 1 is 1.25 bits per heavy atom. The average Bonchev–Trinajstić information content (AvgIpc) is 2.48. The van der Waals surface area contributed by atoms with E-state index in [9.17, 15) is 0 Å². The Bertz CT molecular complexity index is 597. The first-order valence-electron chi connectivity index (χ1n) is 7.20. The lowest BCUT2D eigenvalue weighted by Gasteiger charge is -2.28. The SMILES string of the molecule is C[C@H](NC1CCCc2cccnc21)c1ccccc1Cl. The molecule has 2 nitrogen and oxygen atoms in total. The van der Waals surface area contributed by atoms with Gasteiger partial charge in [0.15, 0.2) is 0 Å². The summed E-state index contributed by atoms with van der Waals surface area (Å²) in [5.74, 6) is 0. The predicted octanol–water partition coefficient (Wildman–Crippen LogP) is 4.46. The zero-order valence-corrected chi connectivity index (χ0v) is 12.4. The first-order valence-corrected chi connectivity index (χ1v) is 7.58. The van der Waals surface area contributed by atoms with Gasteiger partial charge < -0.3 is 5.32 Å². The molecule has 2 atom stereocenters. The van der Waals surface area contributed by atoms with Crippen LogP contribution in [0.4, 0.5) is 0 Å². The van der Waals surface area contributed by atoms with Crippen LogP contribution in [0.5, 0.6) is 0 Å². The number of hydrogen-bond donors (Lipinski definition) is 1. The lowest BCUT2D eigenvalue weighted by Crippen LogP contribution is -2.28. The number of halogens is 1. The van der Waals surface area contributed by atoms with E-state index in [2.05, 4.69) is 29.4 Å². The zero-order chi connectivity index (χ0) is 13.9. The number of nitrogens with zero attached hydrogens (tertiary/aromatic N) is 1. The summed E-state index contributed by atoms with van der Waals surface area (Å²) in [6.07, 6.45) is 5.38. The van der Waals surface area contributed by atoms with Crippen LogP contribution >= 0.6 is 11.6 Å². The number of hydrogen-bond acceptors (Lipinski definition) is 2. The maximum absolute atomic E-state index is 6.28. The van der Waals surface area contributed by atoms with E-state index in [-0.39, 0.29) is 6.04 Å². The minimum Gasteiger partial charge on any atom is -0.302 e. The van der Waals surface area contributed by atoms with Gasteiger partial charge in [0, 0.05) is 17.3 Å². The second-order valence-electron chi connectivity index (χ2n) is 5.40. The average molecular weight is 287 g/mol. The summed E-state index contributed by atoms with van der Waals surface area (Å²) < 4.78 is 0. The fourth-order valence-corrected chi connectivity index (χ4v) is 3.29. The molecule has 3 rings (SSSR count). The molecule has 1 aliphatic rings. The summed E-state index contributed by atoms with van der Waals surface area (Å²) >= 11 is 6.28. The van der Waals surface area contributed by atoms with Crippen LogP contribution in [0.15, 0.2) is 42.6 Å². The van der Waals surface area contributed by atoms with Crippen LogP contribution in [0.25, 0.3) is 0 Å². The lowest BCUT2D eigenvalue weighted by molar-refractivity contribution is 0.406. The summed E-state index contributed by atoms with van der Waals surface area (Å²) in [6, 6.07) is 12.8. The molecule has 0 bridgehead atoms. The van der Waals surface area contributed by atoms with Crippen molar-refractivity contribution < 1.29 is 0 Å². The Morgan fingerprint density at radius 3 is 2.95 bits per heavy atom. The third-order valence-electron chi connectivity index (χ3n) is 4.02. The third-order valence-corrected chi connectivity index (χ3v) is 4.36. The molecule has 1 aromatic carbocycles. The van der Waals surface area contributed by atoms with Gasteiger partial charge in [0.2, 0.25) is 0 Å². The highest BCUT2D eigenvalue weighted by Crippen LogP contribution is 2.31. The van der Waals surface area contributed by atoms with Gasteiger partial charge in [-0.05, 0) is 49.4 Å². The molecule has 1 aromatic heterocycles. The number of pyridine rings is 1. The first-order chi connectivity index (χ1) is 9.75. The molecule has 1 heterocycles. The van der Waals surface area contributed by atoms with E-state index < -0.39 is 0 Å². The smallest absolute Gasteiger partial charge is 0.0605 e. The minimum atomic E-state index is 0.224. The van der Waals surface area contributed by atoms with Crippen molar-refractivity contribution in [2.45, 2.75) is 38.3 Å². The Hall–Kier alpha value is -1.38. The van der Waals surface area contributed by atoms with Crippen molar-refractivity contribution in [1.29, 1.82) is 0 Å². The summed E-state index contributed by atoms with van der Waals surface area (Å²) in [5.41, 5.74) is 3.73. The van der Waals surface area contributed by atoms with Crippen LogP contribution < -0.4 is 5.32 Å². The Kier molecular flexibility index (Phi) is 4.04. The first kappa shape index (κ1) is 13.6. The van der Waals surface area contributed by atoms with Crippen LogP contribution in [0.2, 0.25) is 5.02 Å². The Morgan fingerprint density at radius 2 is 2.10 bits per heavy atom. The fourth-order valence-electron chi connectivity index (χ4n) is 2.99. The standard InChI is InChI=1S/C17H19ClN2/c1-12(14-8-2-3-9-15(14)18)20-16-10-4-6-13-7-5-11-19-17(13)16/h2-3,5,7-9,11-12,16,20H,4,6,10H2,1H3/t12-,16?/m0/s1. The van der Waals surface area contributed by atoms with Crippen LogP contribution in [-0.2, 0) is 6.42 Å².